The number of aromatic nitrogens is 1. The summed E-state index contributed by atoms with van der Waals surface area (Å²) < 4.78 is 49.9. The number of benzene rings is 3. The fraction of sp³-hybridized carbons (Fsp3) is 0.138. The third-order valence-corrected chi connectivity index (χ3v) is 6.09. The standard InChI is InChI=1S/C13H10O2.C9H6F4O2.C7H5NO4/c14-13(15)11-7-5-9-3-1-2-8-4-6-10(11)12(8)9;10-7-3-1-2-6(9(11,12)13)5(7)4-8(14)15;9-6(10)4-1-2-8-5(3-4)7(11)12/h1-3,5,7H,4,6H2,(H,14,15);1-3H,4H2,(H,14,15);1-3H,(H,9,10)(H,11,12). The van der Waals surface area contributed by atoms with E-state index in [0.717, 1.165) is 53.6 Å². The van der Waals surface area contributed by atoms with E-state index >= 15 is 0 Å². The van der Waals surface area contributed by atoms with E-state index in [1.165, 1.54) is 11.6 Å². The summed E-state index contributed by atoms with van der Waals surface area (Å²) in [5.41, 5.74) is 0.327. The minimum absolute atomic E-state index is 0.0811. The predicted molar refractivity (Wildman–Crippen MR) is 139 cm³/mol. The van der Waals surface area contributed by atoms with Crippen molar-refractivity contribution < 1.29 is 57.2 Å². The number of carboxylic acids is 4. The van der Waals surface area contributed by atoms with Crippen molar-refractivity contribution in [3.05, 3.63) is 112 Å². The molecular formula is C29H21F4NO8. The lowest BCUT2D eigenvalue weighted by Crippen LogP contribution is -2.13. The number of carbonyl (C=O) groups is 4. The van der Waals surface area contributed by atoms with Gasteiger partial charge in [0.1, 0.15) is 11.5 Å². The summed E-state index contributed by atoms with van der Waals surface area (Å²) in [5, 5.41) is 36.7. The molecule has 0 saturated heterocycles. The molecule has 0 radical (unpaired) electrons. The zero-order chi connectivity index (χ0) is 31.2. The van der Waals surface area contributed by atoms with Crippen LogP contribution < -0.4 is 0 Å². The fourth-order valence-electron chi connectivity index (χ4n) is 4.30. The van der Waals surface area contributed by atoms with Crippen molar-refractivity contribution in [3.63, 3.8) is 0 Å². The van der Waals surface area contributed by atoms with Crippen LogP contribution in [0.15, 0.2) is 66.9 Å². The number of rotatable bonds is 5. The molecule has 13 heteroatoms. The zero-order valence-corrected chi connectivity index (χ0v) is 21.4. The lowest BCUT2D eigenvalue weighted by molar-refractivity contribution is -0.140. The van der Waals surface area contributed by atoms with Crippen molar-refractivity contribution in [3.8, 4) is 0 Å². The van der Waals surface area contributed by atoms with Crippen LogP contribution in [0, 0.1) is 5.82 Å². The highest BCUT2D eigenvalue weighted by atomic mass is 19.4. The van der Waals surface area contributed by atoms with Crippen molar-refractivity contribution in [1.29, 1.82) is 0 Å². The molecule has 0 atom stereocenters. The van der Waals surface area contributed by atoms with Gasteiger partial charge in [-0.25, -0.2) is 23.8 Å². The summed E-state index contributed by atoms with van der Waals surface area (Å²) in [6.07, 6.45) is -2.75. The lowest BCUT2D eigenvalue weighted by Gasteiger charge is -2.11. The Kier molecular flexibility index (Phi) is 9.58. The Morgan fingerprint density at radius 1 is 0.810 bits per heavy atom. The molecule has 0 spiro atoms. The monoisotopic (exact) mass is 587 g/mol. The first-order valence-corrected chi connectivity index (χ1v) is 12.0. The van der Waals surface area contributed by atoms with Gasteiger partial charge in [0, 0.05) is 11.8 Å². The third kappa shape index (κ3) is 7.44. The second-order valence-electron chi connectivity index (χ2n) is 8.79. The van der Waals surface area contributed by atoms with Gasteiger partial charge in [-0.1, -0.05) is 30.3 Å². The third-order valence-electron chi connectivity index (χ3n) is 6.09. The van der Waals surface area contributed by atoms with Crippen LogP contribution in [0.3, 0.4) is 0 Å². The van der Waals surface area contributed by atoms with Gasteiger partial charge in [0.25, 0.3) is 0 Å². The predicted octanol–water partition coefficient (Wildman–Crippen LogP) is 5.59. The summed E-state index contributed by atoms with van der Waals surface area (Å²) in [7, 11) is 0. The number of hydrogen-bond donors (Lipinski definition) is 4. The summed E-state index contributed by atoms with van der Waals surface area (Å²) in [4.78, 5) is 45.4. The second-order valence-corrected chi connectivity index (χ2v) is 8.79. The Hall–Kier alpha value is -5.33. The van der Waals surface area contributed by atoms with Crippen LogP contribution in [0.25, 0.3) is 10.8 Å². The van der Waals surface area contributed by atoms with E-state index in [-0.39, 0.29) is 11.3 Å². The van der Waals surface area contributed by atoms with Gasteiger partial charge in [-0.3, -0.25) is 4.79 Å². The molecule has 0 fully saturated rings. The normalized spacial score (nSPS) is 11.5. The molecule has 218 valence electrons. The molecule has 4 N–H and O–H groups in total. The van der Waals surface area contributed by atoms with E-state index in [0.29, 0.717) is 11.6 Å². The van der Waals surface area contributed by atoms with Crippen LogP contribution in [-0.4, -0.2) is 49.3 Å². The number of pyridine rings is 1. The number of aliphatic carboxylic acids is 1. The van der Waals surface area contributed by atoms with E-state index in [2.05, 4.69) is 11.1 Å². The van der Waals surface area contributed by atoms with Gasteiger partial charge in [-0.15, -0.1) is 0 Å². The van der Waals surface area contributed by atoms with Crippen molar-refractivity contribution >= 4 is 34.6 Å². The maximum atomic E-state index is 13.0. The smallest absolute Gasteiger partial charge is 0.416 e. The number of hydrogen-bond acceptors (Lipinski definition) is 5. The van der Waals surface area contributed by atoms with E-state index in [1.54, 1.807) is 6.07 Å². The molecule has 5 rings (SSSR count). The van der Waals surface area contributed by atoms with Gasteiger partial charge in [-0.05, 0) is 65.1 Å². The van der Waals surface area contributed by atoms with E-state index in [9.17, 15) is 36.7 Å². The fourth-order valence-corrected chi connectivity index (χ4v) is 4.30. The SMILES string of the molecule is O=C(O)Cc1c(F)cccc1C(F)(F)F.O=C(O)c1ccc2cccc3c2c1CC3.O=C(O)c1ccnc(C(=O)O)c1. The average molecular weight is 587 g/mol. The summed E-state index contributed by atoms with van der Waals surface area (Å²) in [5.74, 6) is -5.89. The number of alkyl halides is 3. The van der Waals surface area contributed by atoms with Gasteiger partial charge >= 0.3 is 30.1 Å². The maximum Gasteiger partial charge on any atom is 0.416 e. The zero-order valence-electron chi connectivity index (χ0n) is 21.4. The summed E-state index contributed by atoms with van der Waals surface area (Å²) in [6, 6.07) is 14.4. The molecule has 0 unspecified atom stereocenters. The van der Waals surface area contributed by atoms with Crippen LogP contribution >= 0.6 is 0 Å². The van der Waals surface area contributed by atoms with Gasteiger partial charge in [0.15, 0.2) is 0 Å². The summed E-state index contributed by atoms with van der Waals surface area (Å²) in [6.45, 7) is 0. The van der Waals surface area contributed by atoms with Crippen molar-refractivity contribution in [2.24, 2.45) is 0 Å². The van der Waals surface area contributed by atoms with Crippen molar-refractivity contribution in [2.45, 2.75) is 25.4 Å². The Morgan fingerprint density at radius 3 is 2.10 bits per heavy atom. The minimum atomic E-state index is -4.74. The highest BCUT2D eigenvalue weighted by Gasteiger charge is 2.34. The molecule has 0 amide bonds. The first kappa shape index (κ1) is 31.2. The summed E-state index contributed by atoms with van der Waals surface area (Å²) >= 11 is 0. The minimum Gasteiger partial charge on any atom is -0.481 e. The van der Waals surface area contributed by atoms with Crippen LogP contribution in [0.2, 0.25) is 0 Å². The molecule has 0 saturated carbocycles. The Balaban J connectivity index is 0.000000174. The molecule has 1 aromatic heterocycles. The maximum absolute atomic E-state index is 13.0. The molecule has 3 aromatic carbocycles. The van der Waals surface area contributed by atoms with E-state index in [4.69, 9.17) is 20.4 Å². The van der Waals surface area contributed by atoms with Gasteiger partial charge in [0.2, 0.25) is 0 Å². The molecule has 1 heterocycles. The topological polar surface area (TPSA) is 162 Å². The first-order valence-electron chi connectivity index (χ1n) is 12.0. The molecule has 0 aliphatic heterocycles. The quantitative estimate of drug-likeness (QED) is 0.218. The number of aromatic carboxylic acids is 3. The average Bonchev–Trinajstić information content (AvgIpc) is 3.35. The van der Waals surface area contributed by atoms with Gasteiger partial charge < -0.3 is 20.4 Å². The molecule has 0 bridgehead atoms. The number of carboxylic acid groups (broad SMARTS) is 4. The first-order chi connectivity index (χ1) is 19.7. The molecule has 1 aliphatic carbocycles. The van der Waals surface area contributed by atoms with Crippen molar-refractivity contribution in [1.82, 2.24) is 4.98 Å². The van der Waals surface area contributed by atoms with Crippen LogP contribution in [0.5, 0.6) is 0 Å². The van der Waals surface area contributed by atoms with Crippen LogP contribution in [-0.2, 0) is 30.2 Å². The largest absolute Gasteiger partial charge is 0.481 e. The molecule has 4 aromatic rings. The number of nitrogens with zero attached hydrogens (tertiary/aromatic N) is 1. The Morgan fingerprint density at radius 2 is 1.50 bits per heavy atom. The van der Waals surface area contributed by atoms with Crippen molar-refractivity contribution in [2.75, 3.05) is 0 Å². The molecule has 1 aliphatic rings. The van der Waals surface area contributed by atoms with Gasteiger partial charge in [-0.2, -0.15) is 13.2 Å². The van der Waals surface area contributed by atoms with Crippen LogP contribution in [0.1, 0.15) is 53.5 Å². The molecule has 42 heavy (non-hydrogen) atoms. The Labute approximate surface area is 234 Å². The Bertz CT molecular complexity index is 1660. The van der Waals surface area contributed by atoms with Gasteiger partial charge in [0.05, 0.1) is 23.1 Å². The highest BCUT2D eigenvalue weighted by molar-refractivity contribution is 6.00. The molecule has 9 nitrogen and oxygen atoms in total. The van der Waals surface area contributed by atoms with E-state index in [1.807, 2.05) is 18.2 Å². The molecular weight excluding hydrogens is 566 g/mol. The highest BCUT2D eigenvalue weighted by Crippen LogP contribution is 2.34. The van der Waals surface area contributed by atoms with Crippen LogP contribution in [0.4, 0.5) is 17.6 Å². The lowest BCUT2D eigenvalue weighted by atomic mass is 10.0. The number of halogens is 4. The van der Waals surface area contributed by atoms with E-state index < -0.39 is 53.4 Å². The number of aryl methyl sites for hydroxylation is 2. The second kappa shape index (κ2) is 12.9.